The first kappa shape index (κ1) is 18.1. The Labute approximate surface area is 168 Å². The zero-order chi connectivity index (χ0) is 19.8. The van der Waals surface area contributed by atoms with Crippen LogP contribution in [-0.2, 0) is 20.9 Å². The Kier molecular flexibility index (Phi) is 4.69. The van der Waals surface area contributed by atoms with Gasteiger partial charge in [-0.2, -0.15) is 0 Å². The summed E-state index contributed by atoms with van der Waals surface area (Å²) in [7, 11) is 0. The number of amides is 1. The second-order valence-corrected chi connectivity index (χ2v) is 7.36. The molecule has 29 heavy (non-hydrogen) atoms. The normalized spacial score (nSPS) is 20.8. The number of benzene rings is 2. The highest BCUT2D eigenvalue weighted by molar-refractivity contribution is 6.36. The summed E-state index contributed by atoms with van der Waals surface area (Å²) in [6, 6.07) is 10.7. The van der Waals surface area contributed by atoms with Crippen LogP contribution in [0.2, 0.25) is 0 Å². The molecule has 2 aromatic carbocycles. The lowest BCUT2D eigenvalue weighted by atomic mass is 10.00. The van der Waals surface area contributed by atoms with E-state index in [1.807, 2.05) is 24.3 Å². The van der Waals surface area contributed by atoms with Gasteiger partial charge in [-0.05, 0) is 18.2 Å². The molecule has 7 heteroatoms. The smallest absolute Gasteiger partial charge is 0.260 e. The molecule has 2 aromatic rings. The number of carbonyl (C=O) groups excluding carboxylic acids is 1. The molecular formula is C22H22FN3O3. The van der Waals surface area contributed by atoms with Crippen LogP contribution in [0.5, 0.6) is 0 Å². The van der Waals surface area contributed by atoms with Gasteiger partial charge in [-0.15, -0.1) is 0 Å². The van der Waals surface area contributed by atoms with Crippen molar-refractivity contribution in [1.82, 2.24) is 4.90 Å². The Morgan fingerprint density at radius 3 is 2.83 bits per heavy atom. The minimum absolute atomic E-state index is 0.220. The van der Waals surface area contributed by atoms with Gasteiger partial charge in [0.25, 0.3) is 5.91 Å². The Bertz CT molecular complexity index is 999. The van der Waals surface area contributed by atoms with Gasteiger partial charge in [0.05, 0.1) is 24.5 Å². The quantitative estimate of drug-likeness (QED) is 0.780. The van der Waals surface area contributed by atoms with Gasteiger partial charge in [0, 0.05) is 48.6 Å². The second kappa shape index (κ2) is 7.50. The van der Waals surface area contributed by atoms with Crippen molar-refractivity contribution in [2.24, 2.45) is 0 Å². The largest absolute Gasteiger partial charge is 0.487 e. The summed E-state index contributed by atoms with van der Waals surface area (Å²) >= 11 is 0. The zero-order valence-corrected chi connectivity index (χ0v) is 16.0. The number of hydrogen-bond donors (Lipinski definition) is 2. The highest BCUT2D eigenvalue weighted by atomic mass is 19.1. The molecule has 0 bridgehead atoms. The molecule has 1 saturated heterocycles. The van der Waals surface area contributed by atoms with Crippen LogP contribution < -0.4 is 10.6 Å². The fourth-order valence-electron chi connectivity index (χ4n) is 4.03. The second-order valence-electron chi connectivity index (χ2n) is 7.36. The van der Waals surface area contributed by atoms with E-state index in [1.54, 1.807) is 6.07 Å². The van der Waals surface area contributed by atoms with Crippen LogP contribution in [0.25, 0.3) is 11.3 Å². The number of anilines is 2. The molecule has 2 N–H and O–H groups in total. The average Bonchev–Trinajstić information content (AvgIpc) is 3.28. The summed E-state index contributed by atoms with van der Waals surface area (Å²) in [5.41, 5.74) is 3.98. The third-order valence-electron chi connectivity index (χ3n) is 5.56. The number of fused-ring (bicyclic) bond motifs is 2. The predicted molar refractivity (Wildman–Crippen MR) is 109 cm³/mol. The summed E-state index contributed by atoms with van der Waals surface area (Å²) < 4.78 is 26.0. The molecule has 3 aliphatic heterocycles. The minimum atomic E-state index is -0.346. The predicted octanol–water partition coefficient (Wildman–Crippen LogP) is 2.92. The Morgan fingerprint density at radius 2 is 1.97 bits per heavy atom. The third-order valence-corrected chi connectivity index (χ3v) is 5.56. The van der Waals surface area contributed by atoms with Crippen molar-refractivity contribution >= 4 is 28.6 Å². The SMILES string of the molecule is O=C1Nc2ccccc2/C1=C1\OCc2cc(NCCN3CCOCC3)c(F)cc21. The molecular weight excluding hydrogens is 373 g/mol. The fourth-order valence-corrected chi connectivity index (χ4v) is 4.03. The van der Waals surface area contributed by atoms with Crippen LogP contribution in [0, 0.1) is 5.82 Å². The lowest BCUT2D eigenvalue weighted by molar-refractivity contribution is -0.110. The minimum Gasteiger partial charge on any atom is -0.487 e. The monoisotopic (exact) mass is 395 g/mol. The van der Waals surface area contributed by atoms with E-state index in [9.17, 15) is 9.18 Å². The topological polar surface area (TPSA) is 62.8 Å². The highest BCUT2D eigenvalue weighted by Gasteiger charge is 2.32. The molecule has 0 atom stereocenters. The van der Waals surface area contributed by atoms with Gasteiger partial charge in [-0.1, -0.05) is 18.2 Å². The zero-order valence-electron chi connectivity index (χ0n) is 16.0. The van der Waals surface area contributed by atoms with E-state index in [0.29, 0.717) is 35.7 Å². The van der Waals surface area contributed by atoms with Gasteiger partial charge >= 0.3 is 0 Å². The number of rotatable bonds is 4. The van der Waals surface area contributed by atoms with Crippen LogP contribution in [0.15, 0.2) is 36.4 Å². The summed E-state index contributed by atoms with van der Waals surface area (Å²) in [4.78, 5) is 14.8. The Morgan fingerprint density at radius 1 is 1.14 bits per heavy atom. The summed E-state index contributed by atoms with van der Waals surface area (Å²) in [6.45, 7) is 5.12. The van der Waals surface area contributed by atoms with Gasteiger partial charge < -0.3 is 20.1 Å². The number of halogens is 1. The van der Waals surface area contributed by atoms with Gasteiger partial charge in [-0.25, -0.2) is 4.39 Å². The van der Waals surface area contributed by atoms with Crippen molar-refractivity contribution < 1.29 is 18.7 Å². The molecule has 6 nitrogen and oxygen atoms in total. The standard InChI is InChI=1S/C22H22FN3O3/c23-17-12-16-14(11-19(17)24-5-6-26-7-9-28-10-8-26)13-29-21(16)20-15-3-1-2-4-18(15)25-22(20)27/h1-4,11-12,24H,5-10,13H2,(H,25,27)/b21-20+. The molecule has 5 rings (SSSR count). The van der Waals surface area contributed by atoms with E-state index in [0.717, 1.165) is 49.7 Å². The first-order valence-corrected chi connectivity index (χ1v) is 9.85. The molecule has 0 aromatic heterocycles. The number of para-hydroxylation sites is 1. The maximum atomic E-state index is 14.8. The first-order valence-electron chi connectivity index (χ1n) is 9.85. The number of nitrogens with one attached hydrogen (secondary N) is 2. The number of carbonyl (C=O) groups is 1. The maximum Gasteiger partial charge on any atom is 0.260 e. The molecule has 0 aliphatic carbocycles. The van der Waals surface area contributed by atoms with Crippen LogP contribution in [0.1, 0.15) is 16.7 Å². The van der Waals surface area contributed by atoms with Crippen molar-refractivity contribution in [3.05, 3.63) is 58.9 Å². The number of morpholine rings is 1. The van der Waals surface area contributed by atoms with E-state index >= 15 is 0 Å². The molecule has 3 heterocycles. The molecule has 0 unspecified atom stereocenters. The van der Waals surface area contributed by atoms with Crippen molar-refractivity contribution in [2.75, 3.05) is 50.0 Å². The van der Waals surface area contributed by atoms with Gasteiger partial charge in [0.2, 0.25) is 0 Å². The van der Waals surface area contributed by atoms with E-state index in [4.69, 9.17) is 9.47 Å². The van der Waals surface area contributed by atoms with Crippen LogP contribution in [0.3, 0.4) is 0 Å². The van der Waals surface area contributed by atoms with Crippen molar-refractivity contribution in [1.29, 1.82) is 0 Å². The highest BCUT2D eigenvalue weighted by Crippen LogP contribution is 2.42. The Balaban J connectivity index is 1.38. The van der Waals surface area contributed by atoms with Crippen molar-refractivity contribution in [3.8, 4) is 0 Å². The summed E-state index contributed by atoms with van der Waals surface area (Å²) in [5, 5.41) is 6.03. The van der Waals surface area contributed by atoms with E-state index in [2.05, 4.69) is 15.5 Å². The number of hydrogen-bond acceptors (Lipinski definition) is 5. The van der Waals surface area contributed by atoms with Crippen LogP contribution in [-0.4, -0.2) is 50.2 Å². The first-order chi connectivity index (χ1) is 14.2. The number of ether oxygens (including phenoxy) is 2. The molecule has 0 spiro atoms. The summed E-state index contributed by atoms with van der Waals surface area (Å²) in [5.74, 6) is -0.121. The number of nitrogens with zero attached hydrogens (tertiary/aromatic N) is 1. The third kappa shape index (κ3) is 3.36. The van der Waals surface area contributed by atoms with E-state index < -0.39 is 0 Å². The lowest BCUT2D eigenvalue weighted by Gasteiger charge is -2.26. The van der Waals surface area contributed by atoms with Gasteiger partial charge in [0.15, 0.2) is 0 Å². The Hall–Kier alpha value is -2.90. The van der Waals surface area contributed by atoms with Crippen molar-refractivity contribution in [3.63, 3.8) is 0 Å². The molecule has 0 radical (unpaired) electrons. The molecule has 1 amide bonds. The van der Waals surface area contributed by atoms with Crippen molar-refractivity contribution in [2.45, 2.75) is 6.61 Å². The van der Waals surface area contributed by atoms with E-state index in [1.165, 1.54) is 6.07 Å². The van der Waals surface area contributed by atoms with Crippen LogP contribution in [0.4, 0.5) is 15.8 Å². The molecule has 3 aliphatic rings. The molecule has 1 fully saturated rings. The van der Waals surface area contributed by atoms with Gasteiger partial charge in [0.1, 0.15) is 18.2 Å². The van der Waals surface area contributed by atoms with E-state index in [-0.39, 0.29) is 11.7 Å². The van der Waals surface area contributed by atoms with Gasteiger partial charge in [-0.3, -0.25) is 9.69 Å². The average molecular weight is 395 g/mol. The lowest BCUT2D eigenvalue weighted by Crippen LogP contribution is -2.39. The maximum absolute atomic E-state index is 14.8. The summed E-state index contributed by atoms with van der Waals surface area (Å²) in [6.07, 6.45) is 0. The van der Waals surface area contributed by atoms with Crippen LogP contribution >= 0.6 is 0 Å². The molecule has 0 saturated carbocycles. The molecule has 150 valence electrons. The fraction of sp³-hybridized carbons (Fsp3) is 0.318.